The van der Waals surface area contributed by atoms with Gasteiger partial charge >= 0.3 is 0 Å². The standard InChI is InChI=1S/C17H24FN3O2.ClH/c1-11(2)15(19)17(23)21-8-6-20(7-9-21)16(22)14-5-4-13(18)10-12(14)3;/h4-5,10-11,15H,6-9,19H2,1-3H3;1H/t15-;/m0./s1. The highest BCUT2D eigenvalue weighted by Gasteiger charge is 2.29. The van der Waals surface area contributed by atoms with Crippen molar-refractivity contribution in [2.24, 2.45) is 11.7 Å². The van der Waals surface area contributed by atoms with Crippen LogP contribution in [0, 0.1) is 18.7 Å². The lowest BCUT2D eigenvalue weighted by Gasteiger charge is -2.36. The zero-order chi connectivity index (χ0) is 17.1. The molecule has 134 valence electrons. The summed E-state index contributed by atoms with van der Waals surface area (Å²) in [5, 5.41) is 0. The highest BCUT2D eigenvalue weighted by molar-refractivity contribution is 5.95. The van der Waals surface area contributed by atoms with Gasteiger partial charge in [0.1, 0.15) is 5.82 Å². The van der Waals surface area contributed by atoms with E-state index < -0.39 is 6.04 Å². The molecule has 2 amide bonds. The van der Waals surface area contributed by atoms with Gasteiger partial charge in [-0.3, -0.25) is 9.59 Å². The number of halogens is 2. The summed E-state index contributed by atoms with van der Waals surface area (Å²) in [5.41, 5.74) is 7.03. The number of amides is 2. The van der Waals surface area contributed by atoms with E-state index in [1.54, 1.807) is 16.7 Å². The fourth-order valence-electron chi connectivity index (χ4n) is 2.66. The summed E-state index contributed by atoms with van der Waals surface area (Å²) in [7, 11) is 0. The number of nitrogens with two attached hydrogens (primary N) is 1. The van der Waals surface area contributed by atoms with E-state index >= 15 is 0 Å². The van der Waals surface area contributed by atoms with E-state index in [-0.39, 0.29) is 36.0 Å². The van der Waals surface area contributed by atoms with E-state index in [4.69, 9.17) is 5.73 Å². The molecule has 0 saturated carbocycles. The summed E-state index contributed by atoms with van der Waals surface area (Å²) in [6.45, 7) is 7.44. The van der Waals surface area contributed by atoms with Crippen molar-refractivity contribution in [1.29, 1.82) is 0 Å². The van der Waals surface area contributed by atoms with E-state index in [2.05, 4.69) is 0 Å². The molecule has 0 aliphatic carbocycles. The number of hydrogen-bond acceptors (Lipinski definition) is 3. The fourth-order valence-corrected chi connectivity index (χ4v) is 2.66. The Morgan fingerprint density at radius 1 is 1.12 bits per heavy atom. The van der Waals surface area contributed by atoms with Crippen LogP contribution in [0.25, 0.3) is 0 Å². The number of aryl methyl sites for hydroxylation is 1. The van der Waals surface area contributed by atoms with Crippen molar-refractivity contribution >= 4 is 24.2 Å². The molecule has 1 fully saturated rings. The summed E-state index contributed by atoms with van der Waals surface area (Å²) < 4.78 is 13.2. The lowest BCUT2D eigenvalue weighted by atomic mass is 10.0. The Balaban J connectivity index is 0.00000288. The topological polar surface area (TPSA) is 66.6 Å². The molecular weight excluding hydrogens is 333 g/mol. The van der Waals surface area contributed by atoms with Gasteiger partial charge in [-0.25, -0.2) is 4.39 Å². The van der Waals surface area contributed by atoms with Gasteiger partial charge in [0.05, 0.1) is 6.04 Å². The number of rotatable bonds is 3. The van der Waals surface area contributed by atoms with Crippen LogP contribution in [0.2, 0.25) is 0 Å². The Bertz CT molecular complexity index is 601. The summed E-state index contributed by atoms with van der Waals surface area (Å²) in [6.07, 6.45) is 0. The van der Waals surface area contributed by atoms with Gasteiger partial charge in [0.2, 0.25) is 5.91 Å². The molecule has 5 nitrogen and oxygen atoms in total. The molecular formula is C17H25ClFN3O2. The highest BCUT2D eigenvalue weighted by Crippen LogP contribution is 2.15. The maximum Gasteiger partial charge on any atom is 0.254 e. The number of carbonyl (C=O) groups excluding carboxylic acids is 2. The van der Waals surface area contributed by atoms with Crippen LogP contribution in [0.4, 0.5) is 4.39 Å². The van der Waals surface area contributed by atoms with E-state index in [9.17, 15) is 14.0 Å². The fraction of sp³-hybridized carbons (Fsp3) is 0.529. The predicted molar refractivity (Wildman–Crippen MR) is 93.7 cm³/mol. The predicted octanol–water partition coefficient (Wildman–Crippen LogP) is 1.82. The third kappa shape index (κ3) is 4.45. The van der Waals surface area contributed by atoms with Gasteiger partial charge in [0.15, 0.2) is 0 Å². The molecule has 1 aliphatic rings. The van der Waals surface area contributed by atoms with Gasteiger partial charge in [0.25, 0.3) is 5.91 Å². The average molecular weight is 358 g/mol. The number of piperazine rings is 1. The molecule has 24 heavy (non-hydrogen) atoms. The van der Waals surface area contributed by atoms with Crippen molar-refractivity contribution in [2.45, 2.75) is 26.8 Å². The molecule has 1 atom stereocenters. The van der Waals surface area contributed by atoms with Crippen LogP contribution in [-0.4, -0.2) is 53.8 Å². The van der Waals surface area contributed by atoms with Crippen molar-refractivity contribution in [1.82, 2.24) is 9.80 Å². The van der Waals surface area contributed by atoms with E-state index in [0.717, 1.165) is 0 Å². The SMILES string of the molecule is Cc1cc(F)ccc1C(=O)N1CCN(C(=O)[C@@H](N)C(C)C)CC1.Cl. The second-order valence-corrected chi connectivity index (χ2v) is 6.35. The Labute approximate surface area is 148 Å². The van der Waals surface area contributed by atoms with Crippen LogP contribution < -0.4 is 5.73 Å². The third-order valence-electron chi connectivity index (χ3n) is 4.30. The van der Waals surface area contributed by atoms with Crippen molar-refractivity contribution in [2.75, 3.05) is 26.2 Å². The first-order chi connectivity index (χ1) is 10.8. The van der Waals surface area contributed by atoms with Gasteiger partial charge in [-0.2, -0.15) is 0 Å². The maximum absolute atomic E-state index is 13.2. The van der Waals surface area contributed by atoms with Crippen LogP contribution in [0.3, 0.4) is 0 Å². The minimum Gasteiger partial charge on any atom is -0.338 e. The van der Waals surface area contributed by atoms with Gasteiger partial charge in [-0.05, 0) is 36.6 Å². The lowest BCUT2D eigenvalue weighted by Crippen LogP contribution is -2.55. The summed E-state index contributed by atoms with van der Waals surface area (Å²) >= 11 is 0. The maximum atomic E-state index is 13.2. The molecule has 0 bridgehead atoms. The van der Waals surface area contributed by atoms with Crippen LogP contribution in [-0.2, 0) is 4.79 Å². The van der Waals surface area contributed by atoms with Gasteiger partial charge in [-0.1, -0.05) is 13.8 Å². The molecule has 2 N–H and O–H groups in total. The summed E-state index contributed by atoms with van der Waals surface area (Å²) in [6, 6.07) is 3.66. The second kappa shape index (κ2) is 8.44. The lowest BCUT2D eigenvalue weighted by molar-refractivity contribution is -0.135. The Morgan fingerprint density at radius 3 is 2.17 bits per heavy atom. The summed E-state index contributed by atoms with van der Waals surface area (Å²) in [5.74, 6) is -0.450. The number of carbonyl (C=O) groups is 2. The number of benzene rings is 1. The van der Waals surface area contributed by atoms with E-state index in [0.29, 0.717) is 37.3 Å². The molecule has 1 aliphatic heterocycles. The Morgan fingerprint density at radius 2 is 1.67 bits per heavy atom. The Kier molecular flexibility index (Phi) is 7.17. The van der Waals surface area contributed by atoms with Crippen LogP contribution in [0.1, 0.15) is 29.8 Å². The largest absolute Gasteiger partial charge is 0.338 e. The average Bonchev–Trinajstić information content (AvgIpc) is 2.53. The highest BCUT2D eigenvalue weighted by atomic mass is 35.5. The van der Waals surface area contributed by atoms with Gasteiger partial charge in [-0.15, -0.1) is 12.4 Å². The van der Waals surface area contributed by atoms with Crippen molar-refractivity contribution in [3.63, 3.8) is 0 Å². The monoisotopic (exact) mass is 357 g/mol. The first kappa shape index (κ1) is 20.4. The molecule has 1 aromatic carbocycles. The normalized spacial score (nSPS) is 15.9. The molecule has 0 spiro atoms. The number of hydrogen-bond donors (Lipinski definition) is 1. The van der Waals surface area contributed by atoms with Gasteiger partial charge in [0, 0.05) is 31.7 Å². The van der Waals surface area contributed by atoms with Crippen molar-refractivity contribution in [3.8, 4) is 0 Å². The van der Waals surface area contributed by atoms with Crippen LogP contribution in [0.5, 0.6) is 0 Å². The molecule has 2 rings (SSSR count). The quantitative estimate of drug-likeness (QED) is 0.897. The first-order valence-electron chi connectivity index (χ1n) is 7.91. The summed E-state index contributed by atoms with van der Waals surface area (Å²) in [4.78, 5) is 28.2. The van der Waals surface area contributed by atoms with Crippen molar-refractivity contribution < 1.29 is 14.0 Å². The van der Waals surface area contributed by atoms with E-state index in [1.807, 2.05) is 13.8 Å². The van der Waals surface area contributed by atoms with Crippen LogP contribution >= 0.6 is 12.4 Å². The molecule has 1 aromatic rings. The molecule has 0 aromatic heterocycles. The molecule has 1 heterocycles. The second-order valence-electron chi connectivity index (χ2n) is 6.35. The zero-order valence-corrected chi connectivity index (χ0v) is 15.1. The molecule has 0 unspecified atom stereocenters. The zero-order valence-electron chi connectivity index (χ0n) is 14.3. The minimum atomic E-state index is -0.503. The molecule has 7 heteroatoms. The van der Waals surface area contributed by atoms with E-state index in [1.165, 1.54) is 18.2 Å². The smallest absolute Gasteiger partial charge is 0.254 e. The van der Waals surface area contributed by atoms with Crippen LogP contribution in [0.15, 0.2) is 18.2 Å². The third-order valence-corrected chi connectivity index (χ3v) is 4.30. The number of nitrogens with zero attached hydrogens (tertiary/aromatic N) is 2. The molecule has 1 saturated heterocycles. The Hall–Kier alpha value is -1.66. The van der Waals surface area contributed by atoms with Gasteiger partial charge < -0.3 is 15.5 Å². The molecule has 0 radical (unpaired) electrons. The first-order valence-corrected chi connectivity index (χ1v) is 7.91. The van der Waals surface area contributed by atoms with Crippen molar-refractivity contribution in [3.05, 3.63) is 35.1 Å². The minimum absolute atomic E-state index is 0.